The van der Waals surface area contributed by atoms with Crippen molar-refractivity contribution in [3.05, 3.63) is 59.7 Å². The first kappa shape index (κ1) is 20.7. The molecule has 1 fully saturated rings. The molecule has 6 nitrogen and oxygen atoms in total. The fourth-order valence-electron chi connectivity index (χ4n) is 3.20. The van der Waals surface area contributed by atoms with Crippen molar-refractivity contribution in [2.24, 2.45) is 0 Å². The van der Waals surface area contributed by atoms with Gasteiger partial charge in [0.25, 0.3) is 5.91 Å². The molecule has 1 heterocycles. The fraction of sp³-hybridized carbons (Fsp3) is 0.300. The number of hydrogen-bond acceptors (Lipinski definition) is 3. The number of urea groups is 1. The number of aliphatic hydroxyl groups is 1. The van der Waals surface area contributed by atoms with Crippen LogP contribution >= 0.6 is 0 Å². The molecule has 3 N–H and O–H groups in total. The minimum Gasteiger partial charge on any atom is -0.394 e. The van der Waals surface area contributed by atoms with Crippen molar-refractivity contribution in [2.45, 2.75) is 25.1 Å². The molecular weight excluding hydrogens is 387 g/mol. The molecule has 3 amide bonds. The standard InChI is InChI=1S/C20H20F3N3O3/c21-20(22,23)14-5-2-7-16(11-14)24-18(28)13-4-1-6-15(10-13)25-19(29)26-9-3-8-17(26)12-27/h1-2,4-7,10-11,17,27H,3,8-9,12H2,(H,24,28)(H,25,29). The number of aliphatic hydroxyl groups excluding tert-OH is 1. The lowest BCUT2D eigenvalue weighted by Gasteiger charge is -2.23. The molecule has 2 aromatic rings. The molecule has 0 spiro atoms. The highest BCUT2D eigenvalue weighted by molar-refractivity contribution is 6.05. The maximum atomic E-state index is 12.8. The Balaban J connectivity index is 1.69. The van der Waals surface area contributed by atoms with Gasteiger partial charge in [0.2, 0.25) is 0 Å². The molecule has 0 aromatic heterocycles. The van der Waals surface area contributed by atoms with E-state index in [0.29, 0.717) is 12.2 Å². The Morgan fingerprint density at radius 3 is 2.45 bits per heavy atom. The van der Waals surface area contributed by atoms with E-state index in [0.717, 1.165) is 25.0 Å². The maximum Gasteiger partial charge on any atom is 0.416 e. The summed E-state index contributed by atoms with van der Waals surface area (Å²) in [4.78, 5) is 26.3. The summed E-state index contributed by atoms with van der Waals surface area (Å²) >= 11 is 0. The molecule has 1 atom stereocenters. The van der Waals surface area contributed by atoms with Crippen molar-refractivity contribution in [1.29, 1.82) is 0 Å². The third-order valence-electron chi connectivity index (χ3n) is 4.67. The van der Waals surface area contributed by atoms with Crippen molar-refractivity contribution < 1.29 is 27.9 Å². The molecule has 154 valence electrons. The van der Waals surface area contributed by atoms with E-state index in [1.807, 2.05) is 0 Å². The number of hydrogen-bond donors (Lipinski definition) is 3. The fourth-order valence-corrected chi connectivity index (χ4v) is 3.20. The van der Waals surface area contributed by atoms with E-state index >= 15 is 0 Å². The highest BCUT2D eigenvalue weighted by Crippen LogP contribution is 2.30. The SMILES string of the molecule is O=C(Nc1cccc(C(F)(F)F)c1)c1cccc(NC(=O)N2CCCC2CO)c1. The van der Waals surface area contributed by atoms with Crippen LogP contribution in [-0.4, -0.2) is 41.1 Å². The highest BCUT2D eigenvalue weighted by Gasteiger charge is 2.30. The van der Waals surface area contributed by atoms with Gasteiger partial charge in [0.1, 0.15) is 0 Å². The molecule has 0 radical (unpaired) electrons. The van der Waals surface area contributed by atoms with Crippen molar-refractivity contribution in [3.8, 4) is 0 Å². The van der Waals surface area contributed by atoms with Crippen LogP contribution in [0.1, 0.15) is 28.8 Å². The lowest BCUT2D eigenvalue weighted by molar-refractivity contribution is -0.137. The summed E-state index contributed by atoms with van der Waals surface area (Å²) in [6.07, 6.45) is -2.98. The van der Waals surface area contributed by atoms with Crippen LogP contribution in [0.2, 0.25) is 0 Å². The first-order chi connectivity index (χ1) is 13.8. The smallest absolute Gasteiger partial charge is 0.394 e. The number of benzene rings is 2. The third-order valence-corrected chi connectivity index (χ3v) is 4.67. The largest absolute Gasteiger partial charge is 0.416 e. The lowest BCUT2D eigenvalue weighted by atomic mass is 10.1. The number of alkyl halides is 3. The number of anilines is 2. The van der Waals surface area contributed by atoms with Crippen LogP contribution in [0.3, 0.4) is 0 Å². The third kappa shape index (κ3) is 5.05. The number of nitrogens with one attached hydrogen (secondary N) is 2. The van der Waals surface area contributed by atoms with Crippen LogP contribution in [0.5, 0.6) is 0 Å². The predicted molar refractivity (Wildman–Crippen MR) is 102 cm³/mol. The number of carbonyl (C=O) groups is 2. The van der Waals surface area contributed by atoms with Gasteiger partial charge in [0.15, 0.2) is 0 Å². The molecule has 3 rings (SSSR count). The van der Waals surface area contributed by atoms with Gasteiger partial charge >= 0.3 is 12.2 Å². The zero-order valence-electron chi connectivity index (χ0n) is 15.4. The molecule has 1 saturated heterocycles. The number of rotatable bonds is 4. The lowest BCUT2D eigenvalue weighted by Crippen LogP contribution is -2.40. The van der Waals surface area contributed by atoms with E-state index in [1.165, 1.54) is 29.2 Å². The first-order valence-electron chi connectivity index (χ1n) is 9.05. The van der Waals surface area contributed by atoms with Gasteiger partial charge < -0.3 is 20.6 Å². The van der Waals surface area contributed by atoms with E-state index in [2.05, 4.69) is 10.6 Å². The van der Waals surface area contributed by atoms with E-state index < -0.39 is 17.6 Å². The Morgan fingerprint density at radius 1 is 1.07 bits per heavy atom. The van der Waals surface area contributed by atoms with Gasteiger partial charge in [-0.3, -0.25) is 4.79 Å². The van der Waals surface area contributed by atoms with Crippen molar-refractivity contribution in [1.82, 2.24) is 4.90 Å². The van der Waals surface area contributed by atoms with Gasteiger partial charge in [-0.05, 0) is 49.2 Å². The van der Waals surface area contributed by atoms with E-state index in [1.54, 1.807) is 12.1 Å². The Kier molecular flexibility index (Phi) is 6.07. The second-order valence-electron chi connectivity index (χ2n) is 6.72. The Labute approximate surface area is 165 Å². The second kappa shape index (κ2) is 8.52. The van der Waals surface area contributed by atoms with Crippen LogP contribution in [0, 0.1) is 0 Å². The van der Waals surface area contributed by atoms with E-state index in [9.17, 15) is 27.9 Å². The predicted octanol–water partition coefficient (Wildman–Crippen LogP) is 3.95. The Morgan fingerprint density at radius 2 is 1.76 bits per heavy atom. The van der Waals surface area contributed by atoms with E-state index in [4.69, 9.17) is 0 Å². The molecular formula is C20H20F3N3O3. The minimum absolute atomic E-state index is 0.0158. The molecule has 29 heavy (non-hydrogen) atoms. The quantitative estimate of drug-likeness (QED) is 0.718. The first-order valence-corrected chi connectivity index (χ1v) is 9.05. The summed E-state index contributed by atoms with van der Waals surface area (Å²) in [5, 5.41) is 14.4. The van der Waals surface area contributed by atoms with Crippen LogP contribution in [0.15, 0.2) is 48.5 Å². The van der Waals surface area contributed by atoms with Crippen LogP contribution < -0.4 is 10.6 Å². The molecule has 0 bridgehead atoms. The number of likely N-dealkylation sites (tertiary alicyclic amines) is 1. The summed E-state index contributed by atoms with van der Waals surface area (Å²) in [6, 6.07) is 9.82. The summed E-state index contributed by atoms with van der Waals surface area (Å²) in [6.45, 7) is 0.416. The summed E-state index contributed by atoms with van der Waals surface area (Å²) in [5.41, 5.74) is -0.293. The molecule has 1 unspecified atom stereocenters. The Hall–Kier alpha value is -3.07. The van der Waals surface area contributed by atoms with Crippen LogP contribution in [0.4, 0.5) is 29.3 Å². The van der Waals surface area contributed by atoms with Gasteiger partial charge in [0.05, 0.1) is 18.2 Å². The number of halogens is 3. The maximum absolute atomic E-state index is 12.8. The average Bonchev–Trinajstić information content (AvgIpc) is 3.17. The second-order valence-corrected chi connectivity index (χ2v) is 6.72. The van der Waals surface area contributed by atoms with Gasteiger partial charge in [-0.1, -0.05) is 12.1 Å². The monoisotopic (exact) mass is 407 g/mol. The average molecular weight is 407 g/mol. The topological polar surface area (TPSA) is 81.7 Å². The zero-order valence-corrected chi connectivity index (χ0v) is 15.4. The number of amides is 3. The van der Waals surface area contributed by atoms with Gasteiger partial charge in [-0.25, -0.2) is 4.79 Å². The van der Waals surface area contributed by atoms with Crippen molar-refractivity contribution in [2.75, 3.05) is 23.8 Å². The Bertz CT molecular complexity index is 902. The zero-order chi connectivity index (χ0) is 21.0. The summed E-state index contributed by atoms with van der Waals surface area (Å²) in [7, 11) is 0. The van der Waals surface area contributed by atoms with Gasteiger partial charge in [0, 0.05) is 23.5 Å². The summed E-state index contributed by atoms with van der Waals surface area (Å²) in [5.74, 6) is -0.602. The van der Waals surface area contributed by atoms with Gasteiger partial charge in [-0.15, -0.1) is 0 Å². The number of carbonyl (C=O) groups excluding carboxylic acids is 2. The van der Waals surface area contributed by atoms with Crippen molar-refractivity contribution in [3.63, 3.8) is 0 Å². The molecule has 0 aliphatic carbocycles. The van der Waals surface area contributed by atoms with Crippen LogP contribution in [0.25, 0.3) is 0 Å². The molecule has 1 aliphatic heterocycles. The van der Waals surface area contributed by atoms with Crippen LogP contribution in [-0.2, 0) is 6.18 Å². The minimum atomic E-state index is -4.51. The van der Waals surface area contributed by atoms with Crippen molar-refractivity contribution >= 4 is 23.3 Å². The summed E-state index contributed by atoms with van der Waals surface area (Å²) < 4.78 is 38.4. The molecule has 2 aromatic carbocycles. The molecule has 1 aliphatic rings. The number of nitrogens with zero attached hydrogens (tertiary/aromatic N) is 1. The molecule has 0 saturated carbocycles. The normalized spacial score (nSPS) is 16.6. The van der Waals surface area contributed by atoms with E-state index in [-0.39, 0.29) is 29.9 Å². The van der Waals surface area contributed by atoms with Gasteiger partial charge in [-0.2, -0.15) is 13.2 Å². The highest BCUT2D eigenvalue weighted by atomic mass is 19.4. The molecule has 9 heteroatoms.